The van der Waals surface area contributed by atoms with E-state index in [4.69, 9.17) is 8.75 Å². The van der Waals surface area contributed by atoms with E-state index in [1.807, 2.05) is 0 Å². The Balaban J connectivity index is 0.562. The summed E-state index contributed by atoms with van der Waals surface area (Å²) in [6, 6.07) is 161. The van der Waals surface area contributed by atoms with Gasteiger partial charge in [0.25, 0.3) is 0 Å². The Morgan fingerprint density at radius 3 is 0.975 bits per heavy atom. The van der Waals surface area contributed by atoms with Crippen molar-refractivity contribution in [1.29, 1.82) is 0 Å². The van der Waals surface area contributed by atoms with Gasteiger partial charge in [0.2, 0.25) is 0 Å². The van der Waals surface area contributed by atoms with E-state index in [0.717, 1.165) is 101 Å². The lowest BCUT2D eigenvalue weighted by molar-refractivity contribution is 0.794. The molecule has 0 bridgehead atoms. The van der Waals surface area contributed by atoms with Crippen LogP contribution in [-0.4, -0.2) is 22.4 Å². The molecule has 568 valence electrons. The number of anilines is 3. The van der Waals surface area contributed by atoms with E-state index in [0.29, 0.717) is 0 Å². The lowest BCUT2D eigenvalue weighted by Crippen LogP contribution is -2.25. The van der Waals surface area contributed by atoms with E-state index in [-0.39, 0.29) is 0 Å². The van der Waals surface area contributed by atoms with Crippen LogP contribution in [0.5, 0.6) is 0 Å². The summed E-state index contributed by atoms with van der Waals surface area (Å²) >= 11 is 1.26. The molecule has 0 unspecified atom stereocenters. The number of para-hydroxylation sites is 4. The largest absolute Gasteiger partial charge is 0.309 e. The normalized spacial score (nSPS) is 12.5. The van der Waals surface area contributed by atoms with Gasteiger partial charge < -0.3 is 18.6 Å². The average molecular weight is 1570 g/mol. The summed E-state index contributed by atoms with van der Waals surface area (Å²) in [5.41, 5.74) is 41.2. The monoisotopic (exact) mass is 1570 g/mol. The lowest BCUT2D eigenvalue weighted by Gasteiger charge is -2.30. The van der Waals surface area contributed by atoms with E-state index < -0.39 is 5.41 Å². The molecule has 6 nitrogen and oxygen atoms in total. The molecule has 4 aromatic heterocycles. The maximum Gasteiger partial charge on any atom is 0.129 e. The molecular formula is C115H72N6S. The number of hydrogen-bond donors (Lipinski definition) is 0. The molecule has 1 spiro atoms. The summed E-state index contributed by atoms with van der Waals surface area (Å²) in [6.45, 7) is 0. The zero-order valence-corrected chi connectivity index (χ0v) is 67.0. The van der Waals surface area contributed by atoms with Gasteiger partial charge in [-0.05, 0) is 238 Å². The smallest absolute Gasteiger partial charge is 0.129 e. The first-order valence-corrected chi connectivity index (χ1v) is 42.6. The van der Waals surface area contributed by atoms with E-state index in [1.54, 1.807) is 0 Å². The summed E-state index contributed by atoms with van der Waals surface area (Å²) in [7, 11) is 0. The highest BCUT2D eigenvalue weighted by Gasteiger charge is 2.52. The van der Waals surface area contributed by atoms with Gasteiger partial charge in [0.1, 0.15) is 11.0 Å². The fraction of sp³-hybridized carbons (Fsp3) is 0.00870. The number of fused-ring (bicyclic) bond motifs is 20. The summed E-state index contributed by atoms with van der Waals surface area (Å²) in [5, 5.41) is 7.39. The Morgan fingerprint density at radius 1 is 0.205 bits per heavy atom. The average Bonchev–Trinajstić information content (AvgIpc) is 1.50. The highest BCUT2D eigenvalue weighted by atomic mass is 32.1. The van der Waals surface area contributed by atoms with Gasteiger partial charge in [-0.1, -0.05) is 315 Å². The van der Waals surface area contributed by atoms with Crippen LogP contribution in [-0.2, 0) is 5.41 Å². The van der Waals surface area contributed by atoms with Crippen molar-refractivity contribution in [1.82, 2.24) is 22.4 Å². The third-order valence-corrected chi connectivity index (χ3v) is 26.6. The number of benzene rings is 19. The van der Waals surface area contributed by atoms with Gasteiger partial charge >= 0.3 is 0 Å². The molecule has 7 heteroatoms. The van der Waals surface area contributed by atoms with E-state index in [2.05, 4.69) is 455 Å². The van der Waals surface area contributed by atoms with Crippen LogP contribution in [0.4, 0.5) is 17.1 Å². The van der Waals surface area contributed by atoms with Crippen LogP contribution in [0, 0.1) is 0 Å². The van der Waals surface area contributed by atoms with Crippen molar-refractivity contribution in [3.63, 3.8) is 0 Å². The molecule has 0 saturated carbocycles. The molecule has 0 aliphatic heterocycles. The second-order valence-corrected chi connectivity index (χ2v) is 32.9. The third-order valence-electron chi connectivity index (χ3n) is 26.0. The molecule has 0 N–H and O–H groups in total. The van der Waals surface area contributed by atoms with Gasteiger partial charge in [-0.15, -0.1) is 0 Å². The fourth-order valence-corrected chi connectivity index (χ4v) is 21.0. The summed E-state index contributed by atoms with van der Waals surface area (Å²) in [4.78, 5) is 2.35. The van der Waals surface area contributed by atoms with Crippen molar-refractivity contribution in [2.24, 2.45) is 0 Å². The maximum atomic E-state index is 5.19. The van der Waals surface area contributed by atoms with Crippen LogP contribution >= 0.6 is 11.7 Å². The minimum Gasteiger partial charge on any atom is -0.309 e. The molecule has 0 atom stereocenters. The predicted molar refractivity (Wildman–Crippen MR) is 509 cm³/mol. The summed E-state index contributed by atoms with van der Waals surface area (Å²) in [6.07, 6.45) is 0. The summed E-state index contributed by atoms with van der Waals surface area (Å²) in [5.74, 6) is 0. The second kappa shape index (κ2) is 27.7. The molecule has 0 amide bonds. The Bertz CT molecular complexity index is 7720. The van der Waals surface area contributed by atoms with Crippen molar-refractivity contribution in [3.8, 4) is 117 Å². The fourth-order valence-electron chi connectivity index (χ4n) is 20.5. The third kappa shape index (κ3) is 10.7. The molecule has 0 fully saturated rings. The number of hydrogen-bond acceptors (Lipinski definition) is 4. The van der Waals surface area contributed by atoms with Gasteiger partial charge in [0, 0.05) is 66.3 Å². The highest BCUT2D eigenvalue weighted by Crippen LogP contribution is 2.64. The van der Waals surface area contributed by atoms with Crippen molar-refractivity contribution in [3.05, 3.63) is 459 Å². The van der Waals surface area contributed by atoms with Crippen LogP contribution in [0.2, 0.25) is 0 Å². The van der Waals surface area contributed by atoms with Gasteiger partial charge in [0.15, 0.2) is 0 Å². The molecule has 4 heterocycles. The van der Waals surface area contributed by atoms with Crippen LogP contribution in [0.1, 0.15) is 22.3 Å². The molecular weight excluding hydrogens is 1500 g/mol. The minimum absolute atomic E-state index is 0.434. The van der Waals surface area contributed by atoms with Crippen LogP contribution in [0.3, 0.4) is 0 Å². The molecule has 19 aromatic carbocycles. The Labute approximate surface area is 709 Å². The van der Waals surface area contributed by atoms with E-state index in [1.165, 1.54) is 144 Å². The molecule has 122 heavy (non-hydrogen) atoms. The first kappa shape index (κ1) is 69.3. The van der Waals surface area contributed by atoms with E-state index in [9.17, 15) is 0 Å². The van der Waals surface area contributed by atoms with E-state index >= 15 is 0 Å². The molecule has 23 aromatic rings. The molecule has 0 saturated heterocycles. The predicted octanol–water partition coefficient (Wildman–Crippen LogP) is 30.5. The SMILES string of the molecule is c1ccc(-c2ccc(N(c3ccc(-c4cccc5c4-c4ccccc4C54c5ccccc5-c5ccccc54)cc3)c3ccc(-c4ccc(-n5c6ccc(-c7ccc(-c8ccc(-n9c%10ccccc%10c%10ccccc%109)cc8)cc7)cc6c6cc(-c7ccc(-c8ccc(-n9c%10ccccc%10c%10ccccc%109)cc8)cc7)ccc65)cc4)c4nsnc34)cc2)cc1. The Hall–Kier alpha value is -15.8. The maximum absolute atomic E-state index is 5.19. The van der Waals surface area contributed by atoms with Crippen LogP contribution in [0.15, 0.2) is 437 Å². The first-order valence-electron chi connectivity index (χ1n) is 41.8. The van der Waals surface area contributed by atoms with Crippen molar-refractivity contribution < 1.29 is 0 Å². The number of aromatic nitrogens is 5. The Kier molecular flexibility index (Phi) is 15.7. The van der Waals surface area contributed by atoms with Crippen molar-refractivity contribution in [2.45, 2.75) is 5.41 Å². The first-order chi connectivity index (χ1) is 60.5. The molecule has 25 rings (SSSR count). The molecule has 0 radical (unpaired) electrons. The van der Waals surface area contributed by atoms with Gasteiger partial charge in [-0.3, -0.25) is 0 Å². The van der Waals surface area contributed by atoms with Gasteiger partial charge in [0.05, 0.1) is 55.9 Å². The number of rotatable bonds is 13. The standard InChI is InChI=1S/C115H72N6S/c1-2-19-73(20-3-1)76-45-57-85(58-46-76)118(86-63-51-81(52-64-86)90-28-18-32-104-112(90)98-27-6-13-31-103(98)115(104)101-29-11-4-21-92(101)93-22-5-12-30-102(93)115)111-70-67-91(113-114(111)117-122-116-113)82-53-65-89(66-54-82)121-109-68-55-83(79-41-37-74(38-42-79)77-47-59-87(60-48-77)119-105-33-14-7-23-94(105)95-24-8-15-34-106(95)119)71-99(109)100-72-84(56-69-110(100)121)80-43-39-75(40-44-80)78-49-61-88(62-50-78)120-107-35-16-9-25-96(107)97-26-10-17-36-108(97)120/h1-72H. The quantitative estimate of drug-likeness (QED) is 0.116. The summed E-state index contributed by atoms with van der Waals surface area (Å²) < 4.78 is 17.5. The van der Waals surface area contributed by atoms with Crippen LogP contribution < -0.4 is 4.90 Å². The van der Waals surface area contributed by atoms with Gasteiger partial charge in [-0.2, -0.15) is 8.75 Å². The van der Waals surface area contributed by atoms with Crippen molar-refractivity contribution in [2.75, 3.05) is 4.90 Å². The van der Waals surface area contributed by atoms with Gasteiger partial charge in [-0.25, -0.2) is 0 Å². The molecule has 2 aliphatic carbocycles. The Morgan fingerprint density at radius 2 is 0.516 bits per heavy atom. The highest BCUT2D eigenvalue weighted by molar-refractivity contribution is 7.00. The van der Waals surface area contributed by atoms with Crippen LogP contribution in [0.25, 0.3) is 194 Å². The zero-order chi connectivity index (χ0) is 80.1. The number of nitrogens with zero attached hydrogens (tertiary/aromatic N) is 6. The topological polar surface area (TPSA) is 43.8 Å². The second-order valence-electron chi connectivity index (χ2n) is 32.3. The molecule has 2 aliphatic rings. The minimum atomic E-state index is -0.434. The van der Waals surface area contributed by atoms with Crippen molar-refractivity contribution >= 4 is 105 Å². The lowest BCUT2D eigenvalue weighted by atomic mass is 9.70. The zero-order valence-electron chi connectivity index (χ0n) is 66.2.